The van der Waals surface area contributed by atoms with Gasteiger partial charge in [0.05, 0.1) is 13.5 Å². The van der Waals surface area contributed by atoms with E-state index in [0.29, 0.717) is 19.4 Å². The third kappa shape index (κ3) is 10.6. The van der Waals surface area contributed by atoms with E-state index in [9.17, 15) is 22.8 Å². The SMILES string of the molecule is COC(=O)CCNCCCCCCNC(=O)C(F)(F)F. The Morgan fingerprint density at radius 3 is 2.15 bits per heavy atom. The molecule has 0 saturated heterocycles. The van der Waals surface area contributed by atoms with Crippen LogP contribution in [0.2, 0.25) is 0 Å². The molecule has 0 atom stereocenters. The maximum atomic E-state index is 11.8. The van der Waals surface area contributed by atoms with Crippen molar-refractivity contribution in [1.29, 1.82) is 0 Å². The first-order chi connectivity index (χ1) is 9.38. The van der Waals surface area contributed by atoms with Gasteiger partial charge in [-0.1, -0.05) is 12.8 Å². The molecule has 1 amide bonds. The maximum absolute atomic E-state index is 11.8. The van der Waals surface area contributed by atoms with Crippen LogP contribution in [0.15, 0.2) is 0 Å². The zero-order valence-corrected chi connectivity index (χ0v) is 11.5. The summed E-state index contributed by atoms with van der Waals surface area (Å²) in [7, 11) is 1.33. The number of amides is 1. The van der Waals surface area contributed by atoms with Crippen LogP contribution < -0.4 is 10.6 Å². The minimum Gasteiger partial charge on any atom is -0.469 e. The average Bonchev–Trinajstić information content (AvgIpc) is 2.39. The Balaban J connectivity index is 3.25. The van der Waals surface area contributed by atoms with Gasteiger partial charge in [-0.2, -0.15) is 13.2 Å². The van der Waals surface area contributed by atoms with Gasteiger partial charge in [0.25, 0.3) is 0 Å². The zero-order valence-electron chi connectivity index (χ0n) is 11.5. The molecule has 20 heavy (non-hydrogen) atoms. The fraction of sp³-hybridized carbons (Fsp3) is 0.833. The number of alkyl halides is 3. The summed E-state index contributed by atoms with van der Waals surface area (Å²) >= 11 is 0. The van der Waals surface area contributed by atoms with E-state index in [1.165, 1.54) is 7.11 Å². The summed E-state index contributed by atoms with van der Waals surface area (Å²) < 4.78 is 40.0. The van der Waals surface area contributed by atoms with Crippen LogP contribution >= 0.6 is 0 Å². The van der Waals surface area contributed by atoms with Gasteiger partial charge >= 0.3 is 18.1 Å². The summed E-state index contributed by atoms with van der Waals surface area (Å²) in [4.78, 5) is 21.2. The predicted molar refractivity (Wildman–Crippen MR) is 67.0 cm³/mol. The minimum absolute atomic E-state index is 0.0358. The molecule has 0 aromatic heterocycles. The molecule has 0 saturated carbocycles. The van der Waals surface area contributed by atoms with Crippen molar-refractivity contribution in [2.75, 3.05) is 26.7 Å². The molecule has 0 spiro atoms. The maximum Gasteiger partial charge on any atom is 0.471 e. The fourth-order valence-corrected chi connectivity index (χ4v) is 1.45. The highest BCUT2D eigenvalue weighted by atomic mass is 19.4. The number of ether oxygens (including phenoxy) is 1. The molecule has 2 N–H and O–H groups in total. The molecule has 0 aliphatic heterocycles. The van der Waals surface area contributed by atoms with Crippen molar-refractivity contribution in [3.63, 3.8) is 0 Å². The van der Waals surface area contributed by atoms with Crippen LogP contribution in [0.5, 0.6) is 0 Å². The van der Waals surface area contributed by atoms with Gasteiger partial charge in [-0.25, -0.2) is 0 Å². The molecule has 0 aromatic rings. The number of rotatable bonds is 10. The number of methoxy groups -OCH3 is 1. The van der Waals surface area contributed by atoms with Crippen molar-refractivity contribution >= 4 is 11.9 Å². The molecule has 0 unspecified atom stereocenters. The van der Waals surface area contributed by atoms with Crippen molar-refractivity contribution in [2.24, 2.45) is 0 Å². The predicted octanol–water partition coefficient (Wildman–Crippen LogP) is 1.38. The lowest BCUT2D eigenvalue weighted by Gasteiger charge is -2.07. The van der Waals surface area contributed by atoms with Gasteiger partial charge in [-0.3, -0.25) is 9.59 Å². The van der Waals surface area contributed by atoms with Crippen molar-refractivity contribution in [1.82, 2.24) is 10.6 Å². The molecule has 0 fully saturated rings. The highest BCUT2D eigenvalue weighted by Crippen LogP contribution is 2.13. The zero-order chi connectivity index (χ0) is 15.4. The lowest BCUT2D eigenvalue weighted by atomic mass is 10.2. The molecule has 8 heteroatoms. The van der Waals surface area contributed by atoms with Crippen LogP contribution in [0.1, 0.15) is 32.1 Å². The topological polar surface area (TPSA) is 67.4 Å². The molecular formula is C12H21F3N2O3. The lowest BCUT2D eigenvalue weighted by molar-refractivity contribution is -0.173. The molecule has 0 heterocycles. The Morgan fingerprint density at radius 1 is 1.00 bits per heavy atom. The fourth-order valence-electron chi connectivity index (χ4n) is 1.45. The molecule has 5 nitrogen and oxygen atoms in total. The number of halogens is 3. The van der Waals surface area contributed by atoms with Gasteiger partial charge in [0.2, 0.25) is 0 Å². The van der Waals surface area contributed by atoms with Gasteiger partial charge in [-0.15, -0.1) is 0 Å². The highest BCUT2D eigenvalue weighted by Gasteiger charge is 2.38. The van der Waals surface area contributed by atoms with Crippen molar-refractivity contribution in [3.05, 3.63) is 0 Å². The standard InChI is InChI=1S/C12H21F3N2O3/c1-20-10(18)6-9-16-7-4-2-3-5-8-17-11(19)12(13,14)15/h16H,2-9H2,1H3,(H,17,19). The monoisotopic (exact) mass is 298 g/mol. The Labute approximate surface area is 116 Å². The molecule has 0 aliphatic carbocycles. The number of esters is 1. The van der Waals surface area contributed by atoms with Crippen molar-refractivity contribution in [3.8, 4) is 0 Å². The van der Waals surface area contributed by atoms with E-state index in [-0.39, 0.29) is 12.5 Å². The van der Waals surface area contributed by atoms with Crippen LogP contribution in [0.25, 0.3) is 0 Å². The average molecular weight is 298 g/mol. The van der Waals surface area contributed by atoms with Crippen LogP contribution in [-0.2, 0) is 14.3 Å². The summed E-state index contributed by atoms with van der Waals surface area (Å²) in [5, 5.41) is 4.88. The van der Waals surface area contributed by atoms with E-state index in [1.54, 1.807) is 0 Å². The third-order valence-corrected chi connectivity index (χ3v) is 2.56. The van der Waals surface area contributed by atoms with E-state index in [1.807, 2.05) is 5.32 Å². The van der Waals surface area contributed by atoms with Gasteiger partial charge < -0.3 is 15.4 Å². The van der Waals surface area contributed by atoms with Crippen LogP contribution in [0.3, 0.4) is 0 Å². The second kappa shape index (κ2) is 10.5. The second-order valence-electron chi connectivity index (χ2n) is 4.24. The van der Waals surface area contributed by atoms with Crippen LogP contribution in [0.4, 0.5) is 13.2 Å². The van der Waals surface area contributed by atoms with Gasteiger partial charge in [0.15, 0.2) is 0 Å². The van der Waals surface area contributed by atoms with Crippen molar-refractivity contribution < 1.29 is 27.5 Å². The normalized spacial score (nSPS) is 11.2. The van der Waals surface area contributed by atoms with E-state index in [2.05, 4.69) is 10.1 Å². The molecule has 0 aliphatic rings. The van der Waals surface area contributed by atoms with Gasteiger partial charge in [0.1, 0.15) is 0 Å². The summed E-state index contributed by atoms with van der Waals surface area (Å²) in [5.74, 6) is -2.15. The van der Waals surface area contributed by atoms with Crippen molar-refractivity contribution in [2.45, 2.75) is 38.3 Å². The Kier molecular flexibility index (Phi) is 9.79. The Bertz CT molecular complexity index is 296. The first-order valence-corrected chi connectivity index (χ1v) is 6.50. The molecule has 0 rings (SSSR count). The lowest BCUT2D eigenvalue weighted by Crippen LogP contribution is -2.37. The summed E-state index contributed by atoms with van der Waals surface area (Å²) in [5.41, 5.74) is 0. The number of carbonyl (C=O) groups excluding carboxylic acids is 2. The van der Waals surface area contributed by atoms with E-state index in [4.69, 9.17) is 0 Å². The Hall–Kier alpha value is -1.31. The summed E-state index contributed by atoms with van der Waals surface area (Å²) in [6, 6.07) is 0. The molecule has 118 valence electrons. The van der Waals surface area contributed by atoms with Crippen LogP contribution in [-0.4, -0.2) is 44.8 Å². The quantitative estimate of drug-likeness (QED) is 0.472. The highest BCUT2D eigenvalue weighted by molar-refractivity contribution is 5.81. The second-order valence-corrected chi connectivity index (χ2v) is 4.24. The van der Waals surface area contributed by atoms with Gasteiger partial charge in [0, 0.05) is 13.1 Å². The first-order valence-electron chi connectivity index (χ1n) is 6.50. The number of hydrogen-bond acceptors (Lipinski definition) is 4. The molecule has 0 radical (unpaired) electrons. The molecule has 0 aromatic carbocycles. The molecular weight excluding hydrogens is 277 g/mol. The smallest absolute Gasteiger partial charge is 0.469 e. The largest absolute Gasteiger partial charge is 0.471 e. The number of nitrogens with one attached hydrogen (secondary N) is 2. The third-order valence-electron chi connectivity index (χ3n) is 2.56. The minimum atomic E-state index is -4.80. The Morgan fingerprint density at radius 2 is 1.60 bits per heavy atom. The number of unbranched alkanes of at least 4 members (excludes halogenated alkanes) is 3. The van der Waals surface area contributed by atoms with Gasteiger partial charge in [-0.05, 0) is 19.4 Å². The number of carbonyl (C=O) groups is 2. The van der Waals surface area contributed by atoms with E-state index >= 15 is 0 Å². The van der Waals surface area contributed by atoms with E-state index < -0.39 is 12.1 Å². The first kappa shape index (κ1) is 18.7. The summed E-state index contributed by atoms with van der Waals surface area (Å²) in [6.45, 7) is 1.33. The number of hydrogen-bond donors (Lipinski definition) is 2. The van der Waals surface area contributed by atoms with E-state index in [0.717, 1.165) is 25.8 Å². The summed E-state index contributed by atoms with van der Waals surface area (Å²) in [6.07, 6.45) is -1.49. The van der Waals surface area contributed by atoms with Crippen LogP contribution in [0, 0.1) is 0 Å². The molecule has 0 bridgehead atoms.